The molecule has 0 radical (unpaired) electrons. The highest BCUT2D eigenvalue weighted by molar-refractivity contribution is 7.96. The molecule has 1 aliphatic heterocycles. The van der Waals surface area contributed by atoms with E-state index >= 15 is 0 Å². The Morgan fingerprint density at radius 2 is 1.97 bits per heavy atom. The van der Waals surface area contributed by atoms with E-state index in [2.05, 4.69) is 39.2 Å². The molecular formula is C26H40N4O2S. The molecule has 2 aliphatic rings. The summed E-state index contributed by atoms with van der Waals surface area (Å²) < 4.78 is 12.0. The van der Waals surface area contributed by atoms with Gasteiger partial charge in [0.05, 0.1) is 24.4 Å². The van der Waals surface area contributed by atoms with Crippen LogP contribution < -0.4 is 4.72 Å². The quantitative estimate of drug-likeness (QED) is 0.615. The second-order valence-electron chi connectivity index (χ2n) is 10.9. The highest BCUT2D eigenvalue weighted by atomic mass is 32.2. The molecule has 2 aromatic rings. The Hall–Kier alpha value is -1.57. The maximum Gasteiger partial charge on any atom is 0.227 e. The molecule has 7 heteroatoms. The van der Waals surface area contributed by atoms with Gasteiger partial charge in [-0.2, -0.15) is 5.10 Å². The minimum absolute atomic E-state index is 0.251. The second-order valence-corrected chi connectivity index (χ2v) is 11.5. The Morgan fingerprint density at radius 1 is 1.21 bits per heavy atom. The average molecular weight is 473 g/mol. The Labute approximate surface area is 202 Å². The lowest BCUT2D eigenvalue weighted by Crippen LogP contribution is -2.53. The number of ether oxygens (including phenoxy) is 1. The van der Waals surface area contributed by atoms with Crippen LogP contribution in [0, 0.1) is 11.3 Å². The summed E-state index contributed by atoms with van der Waals surface area (Å²) in [6.07, 6.45) is 9.90. The molecule has 33 heavy (non-hydrogen) atoms. The van der Waals surface area contributed by atoms with E-state index in [9.17, 15) is 4.79 Å². The first-order valence-electron chi connectivity index (χ1n) is 12.4. The molecule has 2 heterocycles. The standard InChI is InChI=1S/C26H40N4O2S/c1-26(2,3)25(31)30-13-12-23(28-33-5)21(16-30)17-32-22-9-6-18(7-10-22)19-8-11-24-20(14-19)15-27-29(24)4/h8,11,14-15,18,21-23,28H,6-7,9-10,12-13,16-17H2,1-5H3. The average Bonchev–Trinajstić information content (AvgIpc) is 3.18. The molecular weight excluding hydrogens is 432 g/mol. The molecule has 1 saturated heterocycles. The monoisotopic (exact) mass is 472 g/mol. The fourth-order valence-electron chi connectivity index (χ4n) is 5.42. The van der Waals surface area contributed by atoms with Gasteiger partial charge in [-0.25, -0.2) is 0 Å². The fraction of sp³-hybridized carbons (Fsp3) is 0.692. The van der Waals surface area contributed by atoms with Gasteiger partial charge < -0.3 is 9.64 Å². The topological polar surface area (TPSA) is 59.4 Å². The summed E-state index contributed by atoms with van der Waals surface area (Å²) in [6, 6.07) is 7.19. The summed E-state index contributed by atoms with van der Waals surface area (Å²) in [7, 11) is 1.99. The number of likely N-dealkylation sites (tertiary alicyclic amines) is 1. The Balaban J connectivity index is 1.30. The molecule has 1 amide bonds. The van der Waals surface area contributed by atoms with E-state index in [1.165, 1.54) is 29.3 Å². The van der Waals surface area contributed by atoms with E-state index in [1.54, 1.807) is 11.9 Å². The number of aromatic nitrogens is 2. The van der Waals surface area contributed by atoms with E-state index < -0.39 is 0 Å². The molecule has 2 atom stereocenters. The van der Waals surface area contributed by atoms with E-state index in [0.717, 1.165) is 39.0 Å². The van der Waals surface area contributed by atoms with Crippen molar-refractivity contribution in [2.75, 3.05) is 26.0 Å². The van der Waals surface area contributed by atoms with Crippen LogP contribution in [0.15, 0.2) is 24.4 Å². The SMILES string of the molecule is CSNC1CCN(C(=O)C(C)(C)C)CC1COC1CCC(c2ccc3c(cnn3C)c2)CC1. The van der Waals surface area contributed by atoms with Crippen LogP contribution in [0.2, 0.25) is 0 Å². The number of benzene rings is 1. The number of nitrogens with zero attached hydrogens (tertiary/aromatic N) is 3. The van der Waals surface area contributed by atoms with Crippen molar-refractivity contribution < 1.29 is 9.53 Å². The van der Waals surface area contributed by atoms with Crippen molar-refractivity contribution in [3.05, 3.63) is 30.0 Å². The van der Waals surface area contributed by atoms with Crippen molar-refractivity contribution in [2.24, 2.45) is 18.4 Å². The third-order valence-corrected chi connectivity index (χ3v) is 7.93. The maximum atomic E-state index is 12.8. The highest BCUT2D eigenvalue weighted by Gasteiger charge is 2.36. The lowest BCUT2D eigenvalue weighted by atomic mass is 9.82. The predicted molar refractivity (Wildman–Crippen MR) is 136 cm³/mol. The first-order valence-corrected chi connectivity index (χ1v) is 13.6. The van der Waals surface area contributed by atoms with Gasteiger partial charge in [0.25, 0.3) is 0 Å². The van der Waals surface area contributed by atoms with Crippen LogP contribution in [-0.2, 0) is 16.6 Å². The summed E-state index contributed by atoms with van der Waals surface area (Å²) in [5.41, 5.74) is 2.29. The minimum atomic E-state index is -0.331. The largest absolute Gasteiger partial charge is 0.378 e. The lowest BCUT2D eigenvalue weighted by molar-refractivity contribution is -0.142. The molecule has 1 saturated carbocycles. The fourth-order valence-corrected chi connectivity index (χ4v) is 6.04. The van der Waals surface area contributed by atoms with Crippen molar-refractivity contribution in [3.8, 4) is 0 Å². The first-order chi connectivity index (χ1) is 15.8. The number of amides is 1. The van der Waals surface area contributed by atoms with Crippen LogP contribution in [0.4, 0.5) is 0 Å². The van der Waals surface area contributed by atoms with Crippen LogP contribution in [-0.4, -0.2) is 58.7 Å². The Kier molecular flexibility index (Phi) is 7.71. The van der Waals surface area contributed by atoms with Gasteiger partial charge in [-0.05, 0) is 62.0 Å². The number of hydrogen-bond donors (Lipinski definition) is 1. The van der Waals surface area contributed by atoms with Gasteiger partial charge in [0.15, 0.2) is 0 Å². The first kappa shape index (κ1) is 24.6. The van der Waals surface area contributed by atoms with Gasteiger partial charge in [-0.3, -0.25) is 14.2 Å². The molecule has 1 N–H and O–H groups in total. The van der Waals surface area contributed by atoms with Crippen molar-refractivity contribution in [3.63, 3.8) is 0 Å². The number of hydrogen-bond acceptors (Lipinski definition) is 5. The highest BCUT2D eigenvalue weighted by Crippen LogP contribution is 2.36. The molecule has 1 aromatic heterocycles. The van der Waals surface area contributed by atoms with E-state index in [-0.39, 0.29) is 11.3 Å². The molecule has 6 nitrogen and oxygen atoms in total. The van der Waals surface area contributed by atoms with Crippen LogP contribution in [0.5, 0.6) is 0 Å². The minimum Gasteiger partial charge on any atom is -0.378 e. The van der Waals surface area contributed by atoms with Gasteiger partial charge in [-0.1, -0.05) is 38.8 Å². The Bertz CT molecular complexity index is 945. The molecule has 2 unspecified atom stereocenters. The maximum absolute atomic E-state index is 12.8. The number of piperidine rings is 1. The van der Waals surface area contributed by atoms with Crippen LogP contribution in [0.3, 0.4) is 0 Å². The van der Waals surface area contributed by atoms with Crippen molar-refractivity contribution in [1.82, 2.24) is 19.4 Å². The molecule has 2 fully saturated rings. The van der Waals surface area contributed by atoms with E-state index in [0.29, 0.717) is 24.0 Å². The Morgan fingerprint density at radius 3 is 2.67 bits per heavy atom. The zero-order valence-corrected chi connectivity index (χ0v) is 21.7. The smallest absolute Gasteiger partial charge is 0.227 e. The summed E-state index contributed by atoms with van der Waals surface area (Å²) in [5.74, 6) is 1.19. The third-order valence-electron chi connectivity index (χ3n) is 7.39. The molecule has 4 rings (SSSR count). The molecule has 182 valence electrons. The molecule has 0 spiro atoms. The molecule has 0 bridgehead atoms. The third kappa shape index (κ3) is 5.75. The zero-order chi connectivity index (χ0) is 23.6. The predicted octanol–water partition coefficient (Wildman–Crippen LogP) is 4.75. The van der Waals surface area contributed by atoms with Gasteiger partial charge in [0.1, 0.15) is 0 Å². The summed E-state index contributed by atoms with van der Waals surface area (Å²) in [6.45, 7) is 8.38. The van der Waals surface area contributed by atoms with Crippen LogP contribution in [0.1, 0.15) is 64.4 Å². The molecule has 1 aromatic carbocycles. The lowest BCUT2D eigenvalue weighted by Gasteiger charge is -2.41. The van der Waals surface area contributed by atoms with Crippen LogP contribution in [0.25, 0.3) is 10.9 Å². The molecule has 1 aliphatic carbocycles. The van der Waals surface area contributed by atoms with Gasteiger partial charge in [0, 0.05) is 42.9 Å². The van der Waals surface area contributed by atoms with Crippen LogP contribution >= 0.6 is 11.9 Å². The second kappa shape index (κ2) is 10.4. The summed E-state index contributed by atoms with van der Waals surface area (Å²) in [4.78, 5) is 14.9. The van der Waals surface area contributed by atoms with Gasteiger partial charge in [0.2, 0.25) is 5.91 Å². The van der Waals surface area contributed by atoms with E-state index in [1.807, 2.05) is 38.7 Å². The van der Waals surface area contributed by atoms with Gasteiger partial charge in [-0.15, -0.1) is 0 Å². The number of fused-ring (bicyclic) bond motifs is 1. The van der Waals surface area contributed by atoms with Crippen molar-refractivity contribution in [1.29, 1.82) is 0 Å². The van der Waals surface area contributed by atoms with Gasteiger partial charge >= 0.3 is 0 Å². The van der Waals surface area contributed by atoms with E-state index in [4.69, 9.17) is 4.74 Å². The normalized spacial score (nSPS) is 26.6. The van der Waals surface area contributed by atoms with Crippen molar-refractivity contribution >= 4 is 28.8 Å². The number of aryl methyl sites for hydroxylation is 1. The zero-order valence-electron chi connectivity index (χ0n) is 20.8. The number of carbonyl (C=O) groups excluding carboxylic acids is 1. The summed E-state index contributed by atoms with van der Waals surface area (Å²) in [5, 5.41) is 5.61. The summed E-state index contributed by atoms with van der Waals surface area (Å²) >= 11 is 1.67. The number of nitrogens with one attached hydrogen (secondary N) is 1. The van der Waals surface area contributed by atoms with Crippen molar-refractivity contribution in [2.45, 2.75) is 70.9 Å². The number of carbonyl (C=O) groups is 1. The number of rotatable bonds is 6.